The minimum absolute atomic E-state index is 0.0845. The van der Waals surface area contributed by atoms with Gasteiger partial charge in [0.25, 0.3) is 0 Å². The Hall–Kier alpha value is -2.63. The van der Waals surface area contributed by atoms with Gasteiger partial charge in [0.15, 0.2) is 6.10 Å². The zero-order valence-electron chi connectivity index (χ0n) is 41.1. The van der Waals surface area contributed by atoms with Gasteiger partial charge in [0.2, 0.25) is 0 Å². The largest absolute Gasteiger partial charge is 0.462 e. The molecule has 6 nitrogen and oxygen atoms in total. The molecule has 0 aromatic carbocycles. The van der Waals surface area contributed by atoms with Gasteiger partial charge in [-0.05, 0) is 96.3 Å². The summed E-state index contributed by atoms with van der Waals surface area (Å²) in [5.74, 6) is -0.909. The third kappa shape index (κ3) is 48.4. The van der Waals surface area contributed by atoms with Crippen molar-refractivity contribution in [2.75, 3.05) is 13.2 Å². The molecule has 0 aromatic rings. The van der Waals surface area contributed by atoms with Gasteiger partial charge >= 0.3 is 17.9 Å². The fourth-order valence-corrected chi connectivity index (χ4v) is 7.53. The Kier molecular flexibility index (Phi) is 48.8. The highest BCUT2D eigenvalue weighted by molar-refractivity contribution is 5.71. The van der Waals surface area contributed by atoms with Gasteiger partial charge in [-0.2, -0.15) is 0 Å². The molecule has 0 saturated heterocycles. The number of allylic oxidation sites excluding steroid dienone is 8. The number of ether oxygens (including phenoxy) is 3. The first-order chi connectivity index (χ1) is 30.5. The van der Waals surface area contributed by atoms with E-state index in [1.54, 1.807) is 0 Å². The highest BCUT2D eigenvalue weighted by Crippen LogP contribution is 2.15. The summed E-state index contributed by atoms with van der Waals surface area (Å²) in [6.07, 6.45) is 60.9. The summed E-state index contributed by atoms with van der Waals surface area (Å²) in [5.41, 5.74) is 0. The molecule has 0 fully saturated rings. The average molecular weight is 869 g/mol. The predicted molar refractivity (Wildman–Crippen MR) is 265 cm³/mol. The van der Waals surface area contributed by atoms with Gasteiger partial charge in [0.05, 0.1) is 0 Å². The van der Waals surface area contributed by atoms with Crippen molar-refractivity contribution in [2.45, 2.75) is 277 Å². The molecule has 0 aliphatic carbocycles. The zero-order chi connectivity index (χ0) is 45.1. The Morgan fingerprint density at radius 3 is 1.00 bits per heavy atom. The van der Waals surface area contributed by atoms with E-state index in [2.05, 4.69) is 69.4 Å². The van der Waals surface area contributed by atoms with Gasteiger partial charge < -0.3 is 14.2 Å². The van der Waals surface area contributed by atoms with Crippen LogP contribution in [0.3, 0.4) is 0 Å². The normalized spacial score (nSPS) is 12.4. The Balaban J connectivity index is 4.40. The van der Waals surface area contributed by atoms with Crippen molar-refractivity contribution < 1.29 is 28.6 Å². The van der Waals surface area contributed by atoms with Gasteiger partial charge in [0, 0.05) is 19.3 Å². The Morgan fingerprint density at radius 1 is 0.339 bits per heavy atom. The molecule has 0 saturated carbocycles. The van der Waals surface area contributed by atoms with E-state index in [9.17, 15) is 14.4 Å². The van der Waals surface area contributed by atoms with Crippen LogP contribution in [-0.2, 0) is 28.6 Å². The summed E-state index contributed by atoms with van der Waals surface area (Å²) in [6.45, 7) is 6.52. The van der Waals surface area contributed by atoms with Crippen molar-refractivity contribution in [1.82, 2.24) is 0 Å². The molecule has 360 valence electrons. The Morgan fingerprint density at radius 2 is 0.629 bits per heavy atom. The lowest BCUT2D eigenvalue weighted by Gasteiger charge is -2.18. The predicted octanol–water partition coefficient (Wildman–Crippen LogP) is 17.5. The van der Waals surface area contributed by atoms with E-state index in [0.29, 0.717) is 19.3 Å². The Bertz CT molecular complexity index is 1090. The van der Waals surface area contributed by atoms with Crippen LogP contribution in [0, 0.1) is 0 Å². The lowest BCUT2D eigenvalue weighted by Crippen LogP contribution is -2.30. The van der Waals surface area contributed by atoms with Crippen LogP contribution in [0.25, 0.3) is 0 Å². The van der Waals surface area contributed by atoms with Crippen LogP contribution in [0.4, 0.5) is 0 Å². The van der Waals surface area contributed by atoms with E-state index < -0.39 is 6.10 Å². The lowest BCUT2D eigenvalue weighted by molar-refractivity contribution is -0.167. The first kappa shape index (κ1) is 59.4. The maximum Gasteiger partial charge on any atom is 0.306 e. The fraction of sp³-hybridized carbons (Fsp3) is 0.804. The zero-order valence-corrected chi connectivity index (χ0v) is 41.1. The topological polar surface area (TPSA) is 78.9 Å². The van der Waals surface area contributed by atoms with Crippen molar-refractivity contribution in [2.24, 2.45) is 0 Å². The molecule has 1 unspecified atom stereocenters. The Labute approximate surface area is 384 Å². The standard InChI is InChI=1S/C56H100O6/c1-4-7-10-13-16-19-22-25-28-29-32-34-37-40-43-46-49-55(58)61-52-53(62-56(59)50-47-44-41-38-35-31-27-24-21-18-15-12-9-6-3)51-60-54(57)48-45-42-39-36-33-30-26-23-20-17-14-11-8-5-2/h9,12,18,21,28-30,33,53H,4-8,10-11,13-17,19-20,22-27,31-32,34-52H2,1-3H3/b12-9-,21-18-,29-28-,33-30-. The van der Waals surface area contributed by atoms with Crippen LogP contribution in [0.2, 0.25) is 0 Å². The third-order valence-corrected chi connectivity index (χ3v) is 11.5. The molecule has 0 rings (SSSR count). The number of hydrogen-bond acceptors (Lipinski definition) is 6. The monoisotopic (exact) mass is 869 g/mol. The molecule has 0 spiro atoms. The van der Waals surface area contributed by atoms with E-state index >= 15 is 0 Å². The first-order valence-corrected chi connectivity index (χ1v) is 26.6. The smallest absolute Gasteiger partial charge is 0.306 e. The summed E-state index contributed by atoms with van der Waals surface area (Å²) in [6, 6.07) is 0. The number of hydrogen-bond donors (Lipinski definition) is 0. The quantitative estimate of drug-likeness (QED) is 0.0262. The van der Waals surface area contributed by atoms with E-state index in [-0.39, 0.29) is 31.1 Å². The third-order valence-electron chi connectivity index (χ3n) is 11.5. The summed E-state index contributed by atoms with van der Waals surface area (Å²) < 4.78 is 16.8. The van der Waals surface area contributed by atoms with Gasteiger partial charge in [0.1, 0.15) is 13.2 Å². The van der Waals surface area contributed by atoms with Gasteiger partial charge in [-0.3, -0.25) is 14.4 Å². The number of unbranched alkanes of at least 4 members (excludes halogenated alkanes) is 29. The van der Waals surface area contributed by atoms with Crippen LogP contribution >= 0.6 is 0 Å². The molecule has 0 aliphatic rings. The second kappa shape index (κ2) is 51.0. The summed E-state index contributed by atoms with van der Waals surface area (Å²) in [4.78, 5) is 38.0. The van der Waals surface area contributed by atoms with E-state index in [0.717, 1.165) is 96.3 Å². The summed E-state index contributed by atoms with van der Waals surface area (Å²) >= 11 is 0. The number of rotatable bonds is 48. The second-order valence-corrected chi connectivity index (χ2v) is 17.7. The number of carbonyl (C=O) groups excluding carboxylic acids is 3. The van der Waals surface area contributed by atoms with Gasteiger partial charge in [-0.15, -0.1) is 0 Å². The average Bonchev–Trinajstić information content (AvgIpc) is 3.27. The highest BCUT2D eigenvalue weighted by Gasteiger charge is 2.19. The van der Waals surface area contributed by atoms with E-state index in [1.165, 1.54) is 135 Å². The highest BCUT2D eigenvalue weighted by atomic mass is 16.6. The van der Waals surface area contributed by atoms with E-state index in [1.807, 2.05) is 0 Å². The van der Waals surface area contributed by atoms with Crippen molar-refractivity contribution in [3.63, 3.8) is 0 Å². The molecular weight excluding hydrogens is 769 g/mol. The molecule has 0 N–H and O–H groups in total. The van der Waals surface area contributed by atoms with Crippen LogP contribution in [0.5, 0.6) is 0 Å². The van der Waals surface area contributed by atoms with Crippen molar-refractivity contribution >= 4 is 17.9 Å². The molecule has 0 heterocycles. The van der Waals surface area contributed by atoms with Crippen LogP contribution in [0.15, 0.2) is 48.6 Å². The molecule has 6 heteroatoms. The van der Waals surface area contributed by atoms with Gasteiger partial charge in [-0.25, -0.2) is 0 Å². The molecule has 0 bridgehead atoms. The molecule has 0 radical (unpaired) electrons. The molecule has 1 atom stereocenters. The molecule has 0 aromatic heterocycles. The number of carbonyl (C=O) groups is 3. The van der Waals surface area contributed by atoms with Crippen LogP contribution in [0.1, 0.15) is 271 Å². The minimum Gasteiger partial charge on any atom is -0.462 e. The minimum atomic E-state index is -0.785. The molecular formula is C56H100O6. The summed E-state index contributed by atoms with van der Waals surface area (Å²) in [5, 5.41) is 0. The van der Waals surface area contributed by atoms with Crippen LogP contribution < -0.4 is 0 Å². The SMILES string of the molecule is CC/C=C\C/C=C\CCCCCCCCCC(=O)OC(COC(=O)CCCCC/C=C\CCCCCCCCC)COC(=O)CCCCCCC/C=C\CCCCCCCCC. The maximum atomic E-state index is 12.8. The molecule has 0 aliphatic heterocycles. The first-order valence-electron chi connectivity index (χ1n) is 26.6. The number of esters is 3. The van der Waals surface area contributed by atoms with Crippen LogP contribution in [-0.4, -0.2) is 37.2 Å². The summed E-state index contributed by atoms with van der Waals surface area (Å²) in [7, 11) is 0. The van der Waals surface area contributed by atoms with Crippen molar-refractivity contribution in [1.29, 1.82) is 0 Å². The molecule has 0 amide bonds. The molecule has 62 heavy (non-hydrogen) atoms. The van der Waals surface area contributed by atoms with Crippen molar-refractivity contribution in [3.8, 4) is 0 Å². The van der Waals surface area contributed by atoms with E-state index in [4.69, 9.17) is 14.2 Å². The second-order valence-electron chi connectivity index (χ2n) is 17.7. The lowest BCUT2D eigenvalue weighted by atomic mass is 10.1. The van der Waals surface area contributed by atoms with Crippen molar-refractivity contribution in [3.05, 3.63) is 48.6 Å². The van der Waals surface area contributed by atoms with Gasteiger partial charge in [-0.1, -0.05) is 204 Å². The maximum absolute atomic E-state index is 12.8. The fourth-order valence-electron chi connectivity index (χ4n) is 7.53.